The third-order valence-corrected chi connectivity index (χ3v) is 5.54. The summed E-state index contributed by atoms with van der Waals surface area (Å²) < 4.78 is 5.12. The molecular weight excluding hydrogens is 332 g/mol. The summed E-state index contributed by atoms with van der Waals surface area (Å²) in [4.78, 5) is 21.5. The standard InChI is InChI=1S/C19H30N4O3/c1-3-22-6-8-23(9-7-22)13-17(25)21-19(15-10-16(24)11-15)14-4-5-18(26-2)20-12-14/h4-5,12,15-16,19,24H,3,6-11,13H2,1-2H3,(H,21,25)/t15?,16?,19-/m0/s1. The molecule has 2 fully saturated rings. The second-order valence-electron chi connectivity index (χ2n) is 7.27. The molecule has 7 nitrogen and oxygen atoms in total. The number of aromatic nitrogens is 1. The molecule has 2 N–H and O–H groups in total. The van der Waals surface area contributed by atoms with Crippen LogP contribution in [0.1, 0.15) is 31.4 Å². The molecule has 1 amide bonds. The van der Waals surface area contributed by atoms with Gasteiger partial charge in [0.05, 0.1) is 25.8 Å². The van der Waals surface area contributed by atoms with Crippen LogP contribution in [-0.4, -0.2) is 78.3 Å². The van der Waals surface area contributed by atoms with E-state index in [1.165, 1.54) is 0 Å². The van der Waals surface area contributed by atoms with E-state index in [0.717, 1.165) is 38.3 Å². The van der Waals surface area contributed by atoms with Crippen LogP contribution < -0.4 is 10.1 Å². The van der Waals surface area contributed by atoms with E-state index in [-0.39, 0.29) is 24.0 Å². The van der Waals surface area contributed by atoms with Crippen molar-refractivity contribution < 1.29 is 14.6 Å². The Hall–Kier alpha value is -1.70. The molecule has 0 spiro atoms. The van der Waals surface area contributed by atoms with Gasteiger partial charge in [0.1, 0.15) is 0 Å². The number of amides is 1. The molecule has 1 aliphatic heterocycles. The van der Waals surface area contributed by atoms with Crippen LogP contribution in [0, 0.1) is 5.92 Å². The van der Waals surface area contributed by atoms with E-state index in [2.05, 4.69) is 27.0 Å². The topological polar surface area (TPSA) is 77.9 Å². The summed E-state index contributed by atoms with van der Waals surface area (Å²) >= 11 is 0. The zero-order chi connectivity index (χ0) is 18.5. The lowest BCUT2D eigenvalue weighted by atomic mass is 9.75. The minimum Gasteiger partial charge on any atom is -0.481 e. The number of nitrogens with zero attached hydrogens (tertiary/aromatic N) is 3. The summed E-state index contributed by atoms with van der Waals surface area (Å²) in [5.74, 6) is 0.847. The van der Waals surface area contributed by atoms with E-state index in [1.807, 2.05) is 12.1 Å². The highest BCUT2D eigenvalue weighted by atomic mass is 16.5. The Labute approximate surface area is 155 Å². The Kier molecular flexibility index (Phi) is 6.45. The highest BCUT2D eigenvalue weighted by molar-refractivity contribution is 5.78. The van der Waals surface area contributed by atoms with E-state index < -0.39 is 0 Å². The quantitative estimate of drug-likeness (QED) is 0.742. The third kappa shape index (κ3) is 4.72. The number of hydrogen-bond donors (Lipinski definition) is 2. The van der Waals surface area contributed by atoms with Gasteiger partial charge in [-0.15, -0.1) is 0 Å². The maximum absolute atomic E-state index is 12.6. The predicted octanol–water partition coefficient (Wildman–Crippen LogP) is 0.656. The first-order chi connectivity index (χ1) is 12.6. The van der Waals surface area contributed by atoms with Crippen molar-refractivity contribution in [1.82, 2.24) is 20.1 Å². The lowest BCUT2D eigenvalue weighted by Crippen LogP contribution is -2.50. The molecule has 1 aromatic heterocycles. The number of hydrogen-bond acceptors (Lipinski definition) is 6. The van der Waals surface area contributed by atoms with Gasteiger partial charge < -0.3 is 20.1 Å². The van der Waals surface area contributed by atoms with Gasteiger partial charge in [0.25, 0.3) is 0 Å². The van der Waals surface area contributed by atoms with Crippen LogP contribution in [0.4, 0.5) is 0 Å². The molecule has 0 unspecified atom stereocenters. The zero-order valence-corrected chi connectivity index (χ0v) is 15.7. The fraction of sp³-hybridized carbons (Fsp3) is 0.684. The Morgan fingerprint density at radius 3 is 2.54 bits per heavy atom. The molecule has 2 aliphatic rings. The van der Waals surface area contributed by atoms with Gasteiger partial charge in [-0.1, -0.05) is 13.0 Å². The van der Waals surface area contributed by atoms with Crippen LogP contribution in [-0.2, 0) is 4.79 Å². The van der Waals surface area contributed by atoms with E-state index in [1.54, 1.807) is 13.3 Å². The molecule has 26 heavy (non-hydrogen) atoms. The monoisotopic (exact) mass is 362 g/mol. The Bertz CT molecular complexity index is 581. The summed E-state index contributed by atoms with van der Waals surface area (Å²) in [5, 5.41) is 12.9. The maximum Gasteiger partial charge on any atom is 0.234 e. The largest absolute Gasteiger partial charge is 0.481 e. The number of aliphatic hydroxyl groups excluding tert-OH is 1. The molecule has 144 valence electrons. The highest BCUT2D eigenvalue weighted by Gasteiger charge is 2.36. The van der Waals surface area contributed by atoms with Crippen molar-refractivity contribution in [3.05, 3.63) is 23.9 Å². The van der Waals surface area contributed by atoms with Gasteiger partial charge in [-0.3, -0.25) is 9.69 Å². The summed E-state index contributed by atoms with van der Waals surface area (Å²) in [7, 11) is 1.59. The molecule has 0 radical (unpaired) electrons. The zero-order valence-electron chi connectivity index (χ0n) is 15.7. The molecule has 1 aliphatic carbocycles. The summed E-state index contributed by atoms with van der Waals surface area (Å²) in [6.07, 6.45) is 2.93. The van der Waals surface area contributed by atoms with E-state index >= 15 is 0 Å². The number of carbonyl (C=O) groups excluding carboxylic acids is 1. The third-order valence-electron chi connectivity index (χ3n) is 5.54. The summed E-state index contributed by atoms with van der Waals surface area (Å²) in [6.45, 7) is 7.55. The Morgan fingerprint density at radius 1 is 1.31 bits per heavy atom. The smallest absolute Gasteiger partial charge is 0.234 e. The van der Waals surface area contributed by atoms with Crippen molar-refractivity contribution in [2.75, 3.05) is 46.4 Å². The fourth-order valence-electron chi connectivity index (χ4n) is 3.76. The van der Waals surface area contributed by atoms with Crippen LogP contribution in [0.25, 0.3) is 0 Å². The van der Waals surface area contributed by atoms with Crippen molar-refractivity contribution in [2.24, 2.45) is 5.92 Å². The normalized spacial score (nSPS) is 25.3. The van der Waals surface area contributed by atoms with Gasteiger partial charge in [0.2, 0.25) is 11.8 Å². The van der Waals surface area contributed by atoms with Crippen LogP contribution in [0.5, 0.6) is 5.88 Å². The first-order valence-electron chi connectivity index (χ1n) is 9.51. The predicted molar refractivity (Wildman–Crippen MR) is 99.0 cm³/mol. The van der Waals surface area contributed by atoms with Crippen LogP contribution >= 0.6 is 0 Å². The van der Waals surface area contributed by atoms with Crippen molar-refractivity contribution in [3.63, 3.8) is 0 Å². The maximum atomic E-state index is 12.6. The summed E-state index contributed by atoms with van der Waals surface area (Å²) in [5.41, 5.74) is 0.965. The number of likely N-dealkylation sites (N-methyl/N-ethyl adjacent to an activating group) is 1. The Morgan fingerprint density at radius 2 is 2.00 bits per heavy atom. The Balaban J connectivity index is 1.59. The molecular formula is C19H30N4O3. The van der Waals surface area contributed by atoms with Gasteiger partial charge in [-0.2, -0.15) is 0 Å². The van der Waals surface area contributed by atoms with Gasteiger partial charge in [-0.05, 0) is 30.9 Å². The number of methoxy groups -OCH3 is 1. The minimum atomic E-state index is -0.257. The van der Waals surface area contributed by atoms with Crippen molar-refractivity contribution in [3.8, 4) is 5.88 Å². The van der Waals surface area contributed by atoms with E-state index in [0.29, 0.717) is 25.3 Å². The van der Waals surface area contributed by atoms with Gasteiger partial charge in [0.15, 0.2) is 0 Å². The lowest BCUT2D eigenvalue weighted by molar-refractivity contribution is -0.124. The first kappa shape index (κ1) is 19.1. The average molecular weight is 362 g/mol. The molecule has 0 aromatic carbocycles. The summed E-state index contributed by atoms with van der Waals surface area (Å²) in [6, 6.07) is 3.65. The number of pyridine rings is 1. The van der Waals surface area contributed by atoms with Crippen LogP contribution in [0.15, 0.2) is 18.3 Å². The molecule has 3 rings (SSSR count). The van der Waals surface area contributed by atoms with E-state index in [9.17, 15) is 9.90 Å². The van der Waals surface area contributed by atoms with Gasteiger partial charge in [0, 0.05) is 38.4 Å². The molecule has 1 saturated heterocycles. The average Bonchev–Trinajstić information content (AvgIpc) is 2.64. The molecule has 2 heterocycles. The number of rotatable bonds is 7. The first-order valence-corrected chi connectivity index (χ1v) is 9.51. The number of piperazine rings is 1. The molecule has 1 aromatic rings. The SMILES string of the molecule is CCN1CCN(CC(=O)N[C@@H](c2ccc(OC)nc2)C2CC(O)C2)CC1. The van der Waals surface area contributed by atoms with Crippen molar-refractivity contribution in [2.45, 2.75) is 31.9 Å². The van der Waals surface area contributed by atoms with Gasteiger partial charge >= 0.3 is 0 Å². The molecule has 1 saturated carbocycles. The van der Waals surface area contributed by atoms with Crippen LogP contribution in [0.3, 0.4) is 0 Å². The van der Waals surface area contributed by atoms with Crippen molar-refractivity contribution >= 4 is 5.91 Å². The molecule has 7 heteroatoms. The van der Waals surface area contributed by atoms with Gasteiger partial charge in [-0.25, -0.2) is 4.98 Å². The van der Waals surface area contributed by atoms with Crippen LogP contribution in [0.2, 0.25) is 0 Å². The highest BCUT2D eigenvalue weighted by Crippen LogP contribution is 2.38. The number of nitrogens with one attached hydrogen (secondary N) is 1. The minimum absolute atomic E-state index is 0.0390. The second-order valence-corrected chi connectivity index (χ2v) is 7.27. The van der Waals surface area contributed by atoms with Crippen molar-refractivity contribution in [1.29, 1.82) is 0 Å². The fourth-order valence-corrected chi connectivity index (χ4v) is 3.76. The second kappa shape index (κ2) is 8.79. The number of aliphatic hydroxyl groups is 1. The number of carbonyl (C=O) groups is 1. The lowest BCUT2D eigenvalue weighted by Gasteiger charge is -2.39. The molecule has 0 bridgehead atoms. The molecule has 1 atom stereocenters. The van der Waals surface area contributed by atoms with E-state index in [4.69, 9.17) is 4.74 Å². The number of ether oxygens (including phenoxy) is 1.